The lowest BCUT2D eigenvalue weighted by Crippen LogP contribution is -2.31. The number of phenols is 1. The molecule has 0 fully saturated rings. The molecule has 1 aromatic heterocycles. The molecule has 0 spiro atoms. The molecule has 4 rings (SSSR count). The summed E-state index contributed by atoms with van der Waals surface area (Å²) in [5.41, 5.74) is 1.45. The molecule has 1 unspecified atom stereocenters. The highest BCUT2D eigenvalue weighted by atomic mass is 16.5. The Labute approximate surface area is 189 Å². The van der Waals surface area contributed by atoms with Crippen molar-refractivity contribution in [2.45, 2.75) is 12.5 Å². The van der Waals surface area contributed by atoms with Crippen LogP contribution < -0.4 is 9.47 Å². The molecule has 9 nitrogen and oxygen atoms in total. The van der Waals surface area contributed by atoms with Gasteiger partial charge in [0.15, 0.2) is 6.61 Å². The van der Waals surface area contributed by atoms with Gasteiger partial charge in [0.2, 0.25) is 0 Å². The Kier molecular flexibility index (Phi) is 6.30. The molecule has 1 amide bonds. The van der Waals surface area contributed by atoms with Gasteiger partial charge in [0.1, 0.15) is 34.6 Å². The van der Waals surface area contributed by atoms with Crippen molar-refractivity contribution in [2.24, 2.45) is 5.10 Å². The maximum Gasteiger partial charge on any atom is 0.342 e. The predicted octanol–water partition coefficient (Wildman–Crippen LogP) is 3.54. The molecule has 0 saturated heterocycles. The highest BCUT2D eigenvalue weighted by molar-refractivity contribution is 6.03. The fourth-order valence-corrected chi connectivity index (χ4v) is 3.48. The van der Waals surface area contributed by atoms with E-state index in [1.807, 2.05) is 24.3 Å². The summed E-state index contributed by atoms with van der Waals surface area (Å²) in [5.74, 6) is -0.00528. The standard InChI is InChI=1S/C24H22N2O7/c1-30-16-7-5-15(6-8-16)19-13-20(22-4-3-11-32-22)26(25-19)23(28)14-33-24(29)18-10-9-17(31-2)12-21(18)27/h3-12,20,27H,13-14H2,1-2H3. The van der Waals surface area contributed by atoms with Crippen LogP contribution in [0, 0.1) is 0 Å². The van der Waals surface area contributed by atoms with Gasteiger partial charge in [-0.15, -0.1) is 0 Å². The normalized spacial score (nSPS) is 15.2. The molecule has 170 valence electrons. The number of amides is 1. The monoisotopic (exact) mass is 450 g/mol. The molecule has 2 aromatic carbocycles. The molecule has 1 N–H and O–H groups in total. The minimum Gasteiger partial charge on any atom is -0.507 e. The van der Waals surface area contributed by atoms with Crippen LogP contribution >= 0.6 is 0 Å². The highest BCUT2D eigenvalue weighted by Gasteiger charge is 2.35. The topological polar surface area (TPSA) is 111 Å². The summed E-state index contributed by atoms with van der Waals surface area (Å²) >= 11 is 0. The third-order valence-corrected chi connectivity index (χ3v) is 5.21. The van der Waals surface area contributed by atoms with Gasteiger partial charge >= 0.3 is 5.97 Å². The molecule has 3 aromatic rings. The number of rotatable bonds is 7. The number of carbonyl (C=O) groups excluding carboxylic acids is 2. The summed E-state index contributed by atoms with van der Waals surface area (Å²) in [7, 11) is 3.03. The Morgan fingerprint density at radius 3 is 2.45 bits per heavy atom. The molecule has 1 aliphatic heterocycles. The van der Waals surface area contributed by atoms with Crippen LogP contribution in [0.1, 0.15) is 34.1 Å². The third-order valence-electron chi connectivity index (χ3n) is 5.21. The average molecular weight is 450 g/mol. The zero-order chi connectivity index (χ0) is 23.4. The van der Waals surface area contributed by atoms with Gasteiger partial charge in [-0.25, -0.2) is 9.80 Å². The van der Waals surface area contributed by atoms with Crippen LogP contribution in [0.5, 0.6) is 17.2 Å². The molecule has 9 heteroatoms. The van der Waals surface area contributed by atoms with Crippen LogP contribution in [-0.4, -0.2) is 48.5 Å². The molecule has 1 atom stereocenters. The highest BCUT2D eigenvalue weighted by Crippen LogP contribution is 2.33. The summed E-state index contributed by atoms with van der Waals surface area (Å²) in [6.07, 6.45) is 1.95. The Hall–Kier alpha value is -4.27. The van der Waals surface area contributed by atoms with E-state index in [-0.39, 0.29) is 11.3 Å². The van der Waals surface area contributed by atoms with Crippen molar-refractivity contribution in [1.82, 2.24) is 5.01 Å². The smallest absolute Gasteiger partial charge is 0.342 e. The Balaban J connectivity index is 1.50. The van der Waals surface area contributed by atoms with Crippen LogP contribution in [-0.2, 0) is 9.53 Å². The fraction of sp³-hybridized carbons (Fsp3) is 0.208. The number of aromatic hydroxyl groups is 1. The van der Waals surface area contributed by atoms with E-state index in [0.29, 0.717) is 29.4 Å². The molecular formula is C24H22N2O7. The van der Waals surface area contributed by atoms with E-state index >= 15 is 0 Å². The second kappa shape index (κ2) is 9.47. The number of methoxy groups -OCH3 is 2. The summed E-state index contributed by atoms with van der Waals surface area (Å²) < 4.78 is 20.8. The lowest BCUT2D eigenvalue weighted by molar-refractivity contribution is -0.136. The van der Waals surface area contributed by atoms with Crippen LogP contribution in [0.4, 0.5) is 0 Å². The van der Waals surface area contributed by atoms with Crippen molar-refractivity contribution in [3.63, 3.8) is 0 Å². The number of nitrogens with zero attached hydrogens (tertiary/aromatic N) is 2. The maximum atomic E-state index is 12.9. The first-order valence-electron chi connectivity index (χ1n) is 10.1. The number of ether oxygens (including phenoxy) is 3. The van der Waals surface area contributed by atoms with Crippen molar-refractivity contribution in [2.75, 3.05) is 20.8 Å². The number of esters is 1. The first-order chi connectivity index (χ1) is 16.0. The lowest BCUT2D eigenvalue weighted by atomic mass is 10.0. The lowest BCUT2D eigenvalue weighted by Gasteiger charge is -2.19. The molecule has 0 bridgehead atoms. The number of hydrogen-bond acceptors (Lipinski definition) is 8. The van der Waals surface area contributed by atoms with Gasteiger partial charge in [-0.3, -0.25) is 4.79 Å². The first-order valence-corrected chi connectivity index (χ1v) is 10.1. The number of carbonyl (C=O) groups is 2. The van der Waals surface area contributed by atoms with E-state index in [1.165, 1.54) is 36.6 Å². The minimum atomic E-state index is -0.836. The first kappa shape index (κ1) is 21.9. The maximum absolute atomic E-state index is 12.9. The van der Waals surface area contributed by atoms with E-state index in [2.05, 4.69) is 5.10 Å². The zero-order valence-electron chi connectivity index (χ0n) is 18.1. The zero-order valence-corrected chi connectivity index (χ0v) is 18.1. The number of phenolic OH excluding ortho intramolecular Hbond substituents is 1. The van der Waals surface area contributed by atoms with Gasteiger partial charge in [-0.1, -0.05) is 0 Å². The number of benzene rings is 2. The second-order valence-electron chi connectivity index (χ2n) is 7.21. The van der Waals surface area contributed by atoms with Crippen molar-refractivity contribution < 1.29 is 33.3 Å². The summed E-state index contributed by atoms with van der Waals surface area (Å²) in [5, 5.41) is 15.8. The minimum absolute atomic E-state index is 0.0740. The van der Waals surface area contributed by atoms with E-state index in [9.17, 15) is 14.7 Å². The van der Waals surface area contributed by atoms with E-state index in [0.717, 1.165) is 5.56 Å². The number of furan rings is 1. The largest absolute Gasteiger partial charge is 0.507 e. The second-order valence-corrected chi connectivity index (χ2v) is 7.21. The van der Waals surface area contributed by atoms with Gasteiger partial charge in [0.25, 0.3) is 5.91 Å². The van der Waals surface area contributed by atoms with Crippen LogP contribution in [0.15, 0.2) is 70.4 Å². The molecule has 0 radical (unpaired) electrons. The summed E-state index contributed by atoms with van der Waals surface area (Å²) in [6, 6.07) is 14.5. The predicted molar refractivity (Wildman–Crippen MR) is 117 cm³/mol. The molecule has 0 aliphatic carbocycles. The molecule has 33 heavy (non-hydrogen) atoms. The van der Waals surface area contributed by atoms with Crippen molar-refractivity contribution >= 4 is 17.6 Å². The van der Waals surface area contributed by atoms with Gasteiger partial charge in [0, 0.05) is 12.5 Å². The number of hydrogen-bond donors (Lipinski definition) is 1. The van der Waals surface area contributed by atoms with E-state index in [4.69, 9.17) is 18.6 Å². The van der Waals surface area contributed by atoms with Gasteiger partial charge in [0.05, 0.1) is 26.2 Å². The average Bonchev–Trinajstić information content (AvgIpc) is 3.52. The molecule has 2 heterocycles. The molecular weight excluding hydrogens is 428 g/mol. The van der Waals surface area contributed by atoms with Gasteiger partial charge in [-0.2, -0.15) is 5.10 Å². The van der Waals surface area contributed by atoms with Crippen LogP contribution in [0.2, 0.25) is 0 Å². The fourth-order valence-electron chi connectivity index (χ4n) is 3.48. The molecule has 1 aliphatic rings. The summed E-state index contributed by atoms with van der Waals surface area (Å²) in [4.78, 5) is 25.3. The van der Waals surface area contributed by atoms with Gasteiger partial charge in [-0.05, 0) is 54.1 Å². The third kappa shape index (κ3) is 4.67. The number of hydrazone groups is 1. The van der Waals surface area contributed by atoms with Crippen LogP contribution in [0.25, 0.3) is 0 Å². The van der Waals surface area contributed by atoms with Gasteiger partial charge < -0.3 is 23.7 Å². The molecule has 0 saturated carbocycles. The van der Waals surface area contributed by atoms with Crippen molar-refractivity contribution in [3.8, 4) is 17.2 Å². The van der Waals surface area contributed by atoms with E-state index in [1.54, 1.807) is 19.2 Å². The Morgan fingerprint density at radius 1 is 1.09 bits per heavy atom. The van der Waals surface area contributed by atoms with Crippen molar-refractivity contribution in [3.05, 3.63) is 77.7 Å². The Bertz CT molecular complexity index is 1170. The van der Waals surface area contributed by atoms with Crippen LogP contribution in [0.3, 0.4) is 0 Å². The van der Waals surface area contributed by atoms with E-state index < -0.39 is 24.5 Å². The van der Waals surface area contributed by atoms with Crippen molar-refractivity contribution in [1.29, 1.82) is 0 Å². The summed E-state index contributed by atoms with van der Waals surface area (Å²) in [6.45, 7) is -0.555. The Morgan fingerprint density at radius 2 is 1.82 bits per heavy atom. The quantitative estimate of drug-likeness (QED) is 0.548. The SMILES string of the molecule is COc1ccc(C2=NN(C(=O)COC(=O)c3ccc(OC)cc3O)C(c3ccco3)C2)cc1.